The molecule has 0 aliphatic heterocycles. The highest BCUT2D eigenvalue weighted by Crippen LogP contribution is 2.29. The van der Waals surface area contributed by atoms with Crippen molar-refractivity contribution in [2.75, 3.05) is 25.2 Å². The number of para-hydroxylation sites is 1. The summed E-state index contributed by atoms with van der Waals surface area (Å²) in [5.41, 5.74) is 6.29. The number of aliphatic hydroxyl groups is 1. The van der Waals surface area contributed by atoms with Gasteiger partial charge in [0.15, 0.2) is 0 Å². The molecule has 0 saturated heterocycles. The third-order valence-corrected chi connectivity index (χ3v) is 4.02. The van der Waals surface area contributed by atoms with E-state index in [4.69, 9.17) is 15.2 Å². The maximum atomic E-state index is 9.98. The Bertz CT molecular complexity index is 560. The van der Waals surface area contributed by atoms with Crippen molar-refractivity contribution in [3.63, 3.8) is 0 Å². The third-order valence-electron chi connectivity index (χ3n) is 2.82. The largest absolute Gasteiger partial charge is 0.496 e. The fraction of sp³-hybridized carbons (Fsp3) is 0.250. The van der Waals surface area contributed by atoms with Gasteiger partial charge in [0, 0.05) is 16.3 Å². The predicted octanol–water partition coefficient (Wildman–Crippen LogP) is 2.81. The van der Waals surface area contributed by atoms with E-state index in [2.05, 4.69) is 0 Å². The van der Waals surface area contributed by atoms with Crippen LogP contribution in [0.4, 0.5) is 5.69 Å². The molecular formula is C16H19NO3S. The van der Waals surface area contributed by atoms with Crippen LogP contribution in [-0.4, -0.2) is 30.7 Å². The van der Waals surface area contributed by atoms with E-state index < -0.39 is 6.10 Å². The van der Waals surface area contributed by atoms with Gasteiger partial charge in [0.1, 0.15) is 18.1 Å². The monoisotopic (exact) mass is 305 g/mol. The molecule has 1 atom stereocenters. The van der Waals surface area contributed by atoms with E-state index in [0.29, 0.717) is 17.2 Å². The summed E-state index contributed by atoms with van der Waals surface area (Å²) in [5, 5.41) is 9.98. The number of benzene rings is 2. The third kappa shape index (κ3) is 4.88. The van der Waals surface area contributed by atoms with Gasteiger partial charge >= 0.3 is 0 Å². The minimum atomic E-state index is -0.558. The number of nitrogen functional groups attached to an aromatic ring is 1. The first-order chi connectivity index (χ1) is 10.2. The van der Waals surface area contributed by atoms with Crippen molar-refractivity contribution in [1.29, 1.82) is 0 Å². The van der Waals surface area contributed by atoms with Crippen LogP contribution in [0, 0.1) is 0 Å². The lowest BCUT2D eigenvalue weighted by molar-refractivity contribution is 0.126. The van der Waals surface area contributed by atoms with E-state index in [1.165, 1.54) is 0 Å². The minimum Gasteiger partial charge on any atom is -0.496 e. The molecule has 0 amide bonds. The normalized spacial score (nSPS) is 11.9. The number of rotatable bonds is 7. The van der Waals surface area contributed by atoms with Crippen LogP contribution >= 0.6 is 11.8 Å². The summed E-state index contributed by atoms with van der Waals surface area (Å²) in [7, 11) is 1.64. The first kappa shape index (κ1) is 15.5. The zero-order valence-corrected chi connectivity index (χ0v) is 12.7. The molecule has 3 N–H and O–H groups in total. The van der Waals surface area contributed by atoms with Crippen LogP contribution in [0.15, 0.2) is 53.4 Å². The van der Waals surface area contributed by atoms with E-state index >= 15 is 0 Å². The highest BCUT2D eigenvalue weighted by molar-refractivity contribution is 7.99. The molecule has 4 nitrogen and oxygen atoms in total. The van der Waals surface area contributed by atoms with Crippen molar-refractivity contribution in [1.82, 2.24) is 0 Å². The van der Waals surface area contributed by atoms with Gasteiger partial charge in [0.2, 0.25) is 0 Å². The Morgan fingerprint density at radius 2 is 1.86 bits per heavy atom. The second-order valence-electron chi connectivity index (χ2n) is 4.50. The van der Waals surface area contributed by atoms with Crippen molar-refractivity contribution < 1.29 is 14.6 Å². The lowest BCUT2D eigenvalue weighted by Gasteiger charge is -2.13. The molecule has 2 aromatic carbocycles. The lowest BCUT2D eigenvalue weighted by Crippen LogP contribution is -2.20. The second kappa shape index (κ2) is 7.81. The zero-order chi connectivity index (χ0) is 15.1. The molecule has 0 fully saturated rings. The fourth-order valence-corrected chi connectivity index (χ4v) is 2.67. The molecule has 0 aliphatic rings. The van der Waals surface area contributed by atoms with Gasteiger partial charge in [-0.15, -0.1) is 11.8 Å². The van der Waals surface area contributed by atoms with Gasteiger partial charge in [0.05, 0.1) is 13.2 Å². The number of thioether (sulfide) groups is 1. The molecule has 21 heavy (non-hydrogen) atoms. The summed E-state index contributed by atoms with van der Waals surface area (Å²) in [5.74, 6) is 2.05. The molecule has 5 heteroatoms. The smallest absolute Gasteiger partial charge is 0.132 e. The molecule has 1 unspecified atom stereocenters. The minimum absolute atomic E-state index is 0.242. The fourth-order valence-electron chi connectivity index (χ4n) is 1.73. The Morgan fingerprint density at radius 3 is 2.57 bits per heavy atom. The van der Waals surface area contributed by atoms with Crippen LogP contribution in [0.5, 0.6) is 11.5 Å². The SMILES string of the molecule is COc1ccccc1SCC(O)COc1ccc(N)cc1. The maximum absolute atomic E-state index is 9.98. The summed E-state index contributed by atoms with van der Waals surface area (Å²) in [6.07, 6.45) is -0.558. The summed E-state index contributed by atoms with van der Waals surface area (Å²) in [6, 6.07) is 14.9. The predicted molar refractivity (Wildman–Crippen MR) is 86.1 cm³/mol. The molecule has 2 rings (SSSR count). The Balaban J connectivity index is 1.79. The average molecular weight is 305 g/mol. The van der Waals surface area contributed by atoms with Crippen LogP contribution in [0.25, 0.3) is 0 Å². The topological polar surface area (TPSA) is 64.7 Å². The zero-order valence-electron chi connectivity index (χ0n) is 11.9. The van der Waals surface area contributed by atoms with Crippen molar-refractivity contribution in [3.05, 3.63) is 48.5 Å². The van der Waals surface area contributed by atoms with Gasteiger partial charge < -0.3 is 20.3 Å². The Hall–Kier alpha value is -1.85. The van der Waals surface area contributed by atoms with E-state index in [-0.39, 0.29) is 6.61 Å². The number of ether oxygens (including phenoxy) is 2. The van der Waals surface area contributed by atoms with Gasteiger partial charge in [-0.25, -0.2) is 0 Å². The maximum Gasteiger partial charge on any atom is 0.132 e. The molecule has 0 bridgehead atoms. The molecule has 2 aromatic rings. The molecule has 0 radical (unpaired) electrons. The summed E-state index contributed by atoms with van der Waals surface area (Å²) >= 11 is 1.54. The standard InChI is InChI=1S/C16H19NO3S/c1-19-15-4-2-3-5-16(15)21-11-13(18)10-20-14-8-6-12(17)7-9-14/h2-9,13,18H,10-11,17H2,1H3. The lowest BCUT2D eigenvalue weighted by atomic mass is 10.3. The van der Waals surface area contributed by atoms with Gasteiger partial charge in [-0.1, -0.05) is 12.1 Å². The van der Waals surface area contributed by atoms with E-state index in [1.54, 1.807) is 43.1 Å². The molecule has 0 saturated carbocycles. The molecular weight excluding hydrogens is 286 g/mol. The van der Waals surface area contributed by atoms with Crippen molar-refractivity contribution >= 4 is 17.4 Å². The molecule has 0 heterocycles. The van der Waals surface area contributed by atoms with Crippen LogP contribution < -0.4 is 15.2 Å². The molecule has 112 valence electrons. The summed E-state index contributed by atoms with van der Waals surface area (Å²) < 4.78 is 10.8. The summed E-state index contributed by atoms with van der Waals surface area (Å²) in [4.78, 5) is 1.01. The number of anilines is 1. The average Bonchev–Trinajstić information content (AvgIpc) is 2.52. The second-order valence-corrected chi connectivity index (χ2v) is 5.56. The number of hydrogen-bond donors (Lipinski definition) is 2. The molecule has 0 aromatic heterocycles. The van der Waals surface area contributed by atoms with Crippen molar-refractivity contribution in [2.24, 2.45) is 0 Å². The Labute approximate surface area is 128 Å². The number of methoxy groups -OCH3 is 1. The Morgan fingerprint density at radius 1 is 1.14 bits per heavy atom. The molecule has 0 spiro atoms. The van der Waals surface area contributed by atoms with Crippen molar-refractivity contribution in [3.8, 4) is 11.5 Å². The van der Waals surface area contributed by atoms with Gasteiger partial charge in [-0.2, -0.15) is 0 Å². The van der Waals surface area contributed by atoms with Crippen LogP contribution in [0.1, 0.15) is 0 Å². The molecule has 0 aliphatic carbocycles. The number of nitrogens with two attached hydrogens (primary N) is 1. The van der Waals surface area contributed by atoms with Crippen LogP contribution in [-0.2, 0) is 0 Å². The van der Waals surface area contributed by atoms with E-state index in [9.17, 15) is 5.11 Å². The first-order valence-corrected chi connectivity index (χ1v) is 7.60. The van der Waals surface area contributed by atoms with Crippen LogP contribution in [0.3, 0.4) is 0 Å². The first-order valence-electron chi connectivity index (χ1n) is 6.61. The number of hydrogen-bond acceptors (Lipinski definition) is 5. The van der Waals surface area contributed by atoms with E-state index in [1.807, 2.05) is 24.3 Å². The van der Waals surface area contributed by atoms with Gasteiger partial charge in [0.25, 0.3) is 0 Å². The highest BCUT2D eigenvalue weighted by atomic mass is 32.2. The van der Waals surface area contributed by atoms with Gasteiger partial charge in [-0.05, 0) is 36.4 Å². The summed E-state index contributed by atoms with van der Waals surface area (Å²) in [6.45, 7) is 0.242. The number of aliphatic hydroxyl groups excluding tert-OH is 1. The van der Waals surface area contributed by atoms with Gasteiger partial charge in [-0.3, -0.25) is 0 Å². The highest BCUT2D eigenvalue weighted by Gasteiger charge is 2.09. The van der Waals surface area contributed by atoms with Crippen LogP contribution in [0.2, 0.25) is 0 Å². The van der Waals surface area contributed by atoms with E-state index in [0.717, 1.165) is 10.6 Å². The van der Waals surface area contributed by atoms with Crippen molar-refractivity contribution in [2.45, 2.75) is 11.0 Å². The Kier molecular flexibility index (Phi) is 5.78. The quantitative estimate of drug-likeness (QED) is 0.608.